The minimum atomic E-state index is 0.106. The Morgan fingerprint density at radius 1 is 1.56 bits per heavy atom. The van der Waals surface area contributed by atoms with E-state index in [-0.39, 0.29) is 6.17 Å². The third-order valence-electron chi connectivity index (χ3n) is 1.08. The first-order valence-corrected chi connectivity index (χ1v) is 3.44. The number of nitrogens with one attached hydrogen (secondary N) is 2. The molecule has 0 aliphatic carbocycles. The molecule has 0 bridgehead atoms. The number of rotatable bonds is 5. The van der Waals surface area contributed by atoms with Crippen LogP contribution in [0.5, 0.6) is 0 Å². The maximum Gasteiger partial charge on any atom is 0.0674 e. The summed E-state index contributed by atoms with van der Waals surface area (Å²) in [7, 11) is 1.90. The highest BCUT2D eigenvalue weighted by molar-refractivity contribution is 4.58. The van der Waals surface area contributed by atoms with Gasteiger partial charge in [0.25, 0.3) is 0 Å². The molecule has 0 rings (SSSR count). The van der Waals surface area contributed by atoms with Crippen LogP contribution in [-0.2, 0) is 0 Å². The van der Waals surface area contributed by atoms with Crippen molar-refractivity contribution in [2.45, 2.75) is 19.5 Å². The van der Waals surface area contributed by atoms with E-state index >= 15 is 0 Å². The lowest BCUT2D eigenvalue weighted by Crippen LogP contribution is -2.44. The van der Waals surface area contributed by atoms with Crippen LogP contribution < -0.4 is 16.4 Å². The van der Waals surface area contributed by atoms with E-state index in [1.807, 2.05) is 7.05 Å². The molecule has 0 spiro atoms. The van der Waals surface area contributed by atoms with Crippen molar-refractivity contribution in [1.82, 2.24) is 10.6 Å². The quantitative estimate of drug-likeness (QED) is 0.440. The van der Waals surface area contributed by atoms with Gasteiger partial charge < -0.3 is 16.4 Å². The monoisotopic (exact) mass is 131 g/mol. The van der Waals surface area contributed by atoms with Crippen LogP contribution in [0.1, 0.15) is 13.3 Å². The van der Waals surface area contributed by atoms with Crippen molar-refractivity contribution in [2.24, 2.45) is 5.73 Å². The average molecular weight is 131 g/mol. The molecule has 3 heteroatoms. The van der Waals surface area contributed by atoms with E-state index < -0.39 is 0 Å². The molecule has 0 radical (unpaired) electrons. The van der Waals surface area contributed by atoms with Gasteiger partial charge in [0.15, 0.2) is 0 Å². The summed E-state index contributed by atoms with van der Waals surface area (Å²) in [5, 5.41) is 6.14. The lowest BCUT2D eigenvalue weighted by Gasteiger charge is -2.11. The van der Waals surface area contributed by atoms with Crippen molar-refractivity contribution in [3.05, 3.63) is 0 Å². The van der Waals surface area contributed by atoms with Gasteiger partial charge in [0.05, 0.1) is 6.17 Å². The SMILES string of the molecule is CCCNC(N)CNC. The molecule has 0 aromatic heterocycles. The topological polar surface area (TPSA) is 50.1 Å². The third kappa shape index (κ3) is 5.76. The van der Waals surface area contributed by atoms with Crippen LogP contribution in [0.15, 0.2) is 0 Å². The lowest BCUT2D eigenvalue weighted by atomic mass is 10.4. The van der Waals surface area contributed by atoms with E-state index in [1.165, 1.54) is 0 Å². The molecule has 0 heterocycles. The highest BCUT2D eigenvalue weighted by atomic mass is 15.1. The van der Waals surface area contributed by atoms with E-state index in [1.54, 1.807) is 0 Å². The summed E-state index contributed by atoms with van der Waals surface area (Å²) in [5.74, 6) is 0. The van der Waals surface area contributed by atoms with Crippen LogP contribution in [0.3, 0.4) is 0 Å². The Morgan fingerprint density at radius 3 is 2.67 bits per heavy atom. The van der Waals surface area contributed by atoms with Gasteiger partial charge >= 0.3 is 0 Å². The van der Waals surface area contributed by atoms with Crippen molar-refractivity contribution in [3.8, 4) is 0 Å². The van der Waals surface area contributed by atoms with E-state index in [0.29, 0.717) is 0 Å². The van der Waals surface area contributed by atoms with Crippen molar-refractivity contribution >= 4 is 0 Å². The standard InChI is InChI=1S/C6H17N3/c1-3-4-9-6(7)5-8-2/h6,8-9H,3-5,7H2,1-2H3. The second-order valence-electron chi connectivity index (χ2n) is 2.12. The van der Waals surface area contributed by atoms with Gasteiger partial charge in [0, 0.05) is 6.54 Å². The highest BCUT2D eigenvalue weighted by Crippen LogP contribution is 1.71. The molecular weight excluding hydrogens is 114 g/mol. The molecule has 0 saturated carbocycles. The second-order valence-corrected chi connectivity index (χ2v) is 2.12. The molecule has 1 atom stereocenters. The Kier molecular flexibility index (Phi) is 5.93. The Morgan fingerprint density at radius 2 is 2.22 bits per heavy atom. The van der Waals surface area contributed by atoms with Gasteiger partial charge in [-0.15, -0.1) is 0 Å². The van der Waals surface area contributed by atoms with Gasteiger partial charge in [-0.3, -0.25) is 0 Å². The van der Waals surface area contributed by atoms with Gasteiger partial charge in [-0.1, -0.05) is 6.92 Å². The molecule has 0 fully saturated rings. The maximum atomic E-state index is 5.60. The smallest absolute Gasteiger partial charge is 0.0674 e. The Hall–Kier alpha value is -0.120. The Labute approximate surface area is 57.0 Å². The molecule has 3 nitrogen and oxygen atoms in total. The normalized spacial score (nSPS) is 13.7. The molecular formula is C6H17N3. The van der Waals surface area contributed by atoms with Crippen LogP contribution in [0, 0.1) is 0 Å². The number of hydrogen-bond donors (Lipinski definition) is 3. The molecule has 0 aromatic carbocycles. The lowest BCUT2D eigenvalue weighted by molar-refractivity contribution is 0.504. The summed E-state index contributed by atoms with van der Waals surface area (Å²) in [5.41, 5.74) is 5.60. The van der Waals surface area contributed by atoms with Crippen molar-refractivity contribution in [1.29, 1.82) is 0 Å². The maximum absolute atomic E-state index is 5.60. The van der Waals surface area contributed by atoms with Gasteiger partial charge in [-0.25, -0.2) is 0 Å². The zero-order chi connectivity index (χ0) is 7.11. The first-order valence-electron chi connectivity index (χ1n) is 3.44. The Balaban J connectivity index is 2.95. The van der Waals surface area contributed by atoms with Crippen LogP contribution in [0.25, 0.3) is 0 Å². The van der Waals surface area contributed by atoms with E-state index in [9.17, 15) is 0 Å². The first-order chi connectivity index (χ1) is 4.31. The minimum Gasteiger partial charge on any atom is -0.317 e. The molecule has 56 valence electrons. The number of nitrogens with two attached hydrogens (primary N) is 1. The van der Waals surface area contributed by atoms with Crippen LogP contribution in [0.4, 0.5) is 0 Å². The summed E-state index contributed by atoms with van der Waals surface area (Å²) >= 11 is 0. The third-order valence-corrected chi connectivity index (χ3v) is 1.08. The summed E-state index contributed by atoms with van der Waals surface area (Å²) < 4.78 is 0. The molecule has 0 saturated heterocycles. The molecule has 0 aliphatic rings. The summed E-state index contributed by atoms with van der Waals surface area (Å²) in [6.45, 7) is 3.96. The predicted molar refractivity (Wildman–Crippen MR) is 40.2 cm³/mol. The fourth-order valence-corrected chi connectivity index (χ4v) is 0.622. The van der Waals surface area contributed by atoms with E-state index in [2.05, 4.69) is 17.6 Å². The first kappa shape index (κ1) is 8.88. The molecule has 0 aromatic rings. The summed E-state index contributed by atoms with van der Waals surface area (Å²) in [6.07, 6.45) is 1.24. The fraction of sp³-hybridized carbons (Fsp3) is 1.00. The van der Waals surface area contributed by atoms with Crippen molar-refractivity contribution < 1.29 is 0 Å². The van der Waals surface area contributed by atoms with Gasteiger partial charge in [0.1, 0.15) is 0 Å². The van der Waals surface area contributed by atoms with E-state index in [4.69, 9.17) is 5.73 Å². The van der Waals surface area contributed by atoms with Gasteiger partial charge in [-0.2, -0.15) is 0 Å². The second kappa shape index (κ2) is 6.01. The van der Waals surface area contributed by atoms with E-state index in [0.717, 1.165) is 19.5 Å². The van der Waals surface area contributed by atoms with Crippen molar-refractivity contribution in [2.75, 3.05) is 20.1 Å². The fourth-order valence-electron chi connectivity index (χ4n) is 0.622. The highest BCUT2D eigenvalue weighted by Gasteiger charge is 1.95. The minimum absolute atomic E-state index is 0.106. The largest absolute Gasteiger partial charge is 0.317 e. The van der Waals surface area contributed by atoms with Crippen LogP contribution in [-0.4, -0.2) is 26.3 Å². The summed E-state index contributed by atoms with van der Waals surface area (Å²) in [4.78, 5) is 0. The molecule has 0 amide bonds. The van der Waals surface area contributed by atoms with Gasteiger partial charge in [-0.05, 0) is 20.0 Å². The van der Waals surface area contributed by atoms with Crippen LogP contribution >= 0.6 is 0 Å². The van der Waals surface area contributed by atoms with Crippen LogP contribution in [0.2, 0.25) is 0 Å². The number of hydrogen-bond acceptors (Lipinski definition) is 3. The molecule has 0 aliphatic heterocycles. The molecule has 9 heavy (non-hydrogen) atoms. The Bertz CT molecular complexity index is 56.3. The van der Waals surface area contributed by atoms with Crippen molar-refractivity contribution in [3.63, 3.8) is 0 Å². The zero-order valence-electron chi connectivity index (χ0n) is 6.28. The average Bonchev–Trinajstić information content (AvgIpc) is 1.85. The van der Waals surface area contributed by atoms with Gasteiger partial charge in [0.2, 0.25) is 0 Å². The molecule has 1 unspecified atom stereocenters. The zero-order valence-corrected chi connectivity index (χ0v) is 6.28. The number of likely N-dealkylation sites (N-methyl/N-ethyl adjacent to an activating group) is 1. The summed E-state index contributed by atoms with van der Waals surface area (Å²) in [6, 6.07) is 0. The predicted octanol–water partition coefficient (Wildman–Crippen LogP) is -0.510. The molecule has 4 N–H and O–H groups in total.